The molecule has 23 heavy (non-hydrogen) atoms. The van der Waals surface area contributed by atoms with E-state index in [4.69, 9.17) is 4.74 Å². The van der Waals surface area contributed by atoms with Crippen molar-refractivity contribution in [1.82, 2.24) is 9.97 Å². The number of aromatic amines is 1. The SMILES string of the molecule is Cc1ccc(-c2nc3ccc(Oc4ccccc4)cc3[nH]2)cc1. The standard InChI is InChI=1S/C20H16N2O/c1-14-7-9-15(10-8-14)20-21-18-12-11-17(13-19(18)22-20)23-16-5-3-2-4-6-16/h2-13H,1H3,(H,21,22). The van der Waals surface area contributed by atoms with Crippen molar-refractivity contribution >= 4 is 11.0 Å². The average molecular weight is 300 g/mol. The molecule has 3 aromatic carbocycles. The van der Waals surface area contributed by atoms with E-state index in [0.29, 0.717) is 0 Å². The van der Waals surface area contributed by atoms with Crippen molar-refractivity contribution in [2.45, 2.75) is 6.92 Å². The third-order valence-corrected chi connectivity index (χ3v) is 3.76. The summed E-state index contributed by atoms with van der Waals surface area (Å²) in [6, 6.07) is 24.0. The maximum atomic E-state index is 5.87. The van der Waals surface area contributed by atoms with E-state index in [1.807, 2.05) is 48.5 Å². The molecule has 112 valence electrons. The minimum atomic E-state index is 0.794. The Morgan fingerprint density at radius 1 is 0.826 bits per heavy atom. The van der Waals surface area contributed by atoms with Crippen LogP contribution in [0, 0.1) is 6.92 Å². The van der Waals surface area contributed by atoms with E-state index in [0.717, 1.165) is 33.9 Å². The number of imidazole rings is 1. The zero-order chi connectivity index (χ0) is 15.6. The van der Waals surface area contributed by atoms with Crippen LogP contribution in [-0.2, 0) is 0 Å². The predicted octanol–water partition coefficient (Wildman–Crippen LogP) is 5.33. The Morgan fingerprint density at radius 2 is 1.61 bits per heavy atom. The van der Waals surface area contributed by atoms with Crippen molar-refractivity contribution in [1.29, 1.82) is 0 Å². The number of nitrogens with one attached hydrogen (secondary N) is 1. The van der Waals surface area contributed by atoms with Gasteiger partial charge in [-0.25, -0.2) is 4.98 Å². The van der Waals surface area contributed by atoms with E-state index in [1.165, 1.54) is 5.56 Å². The number of nitrogens with zero attached hydrogens (tertiary/aromatic N) is 1. The highest BCUT2D eigenvalue weighted by Crippen LogP contribution is 2.26. The highest BCUT2D eigenvalue weighted by molar-refractivity contribution is 5.80. The Hall–Kier alpha value is -3.07. The molecule has 0 radical (unpaired) electrons. The molecule has 1 N–H and O–H groups in total. The molecule has 0 fully saturated rings. The van der Waals surface area contributed by atoms with Gasteiger partial charge in [-0.05, 0) is 31.2 Å². The molecule has 3 nitrogen and oxygen atoms in total. The number of hydrogen-bond donors (Lipinski definition) is 1. The van der Waals surface area contributed by atoms with Gasteiger partial charge in [0.15, 0.2) is 0 Å². The molecule has 0 saturated carbocycles. The molecule has 0 saturated heterocycles. The molecule has 0 aliphatic heterocycles. The predicted molar refractivity (Wildman–Crippen MR) is 92.8 cm³/mol. The number of aromatic nitrogens is 2. The first-order chi connectivity index (χ1) is 11.3. The van der Waals surface area contributed by atoms with Crippen LogP contribution in [0.1, 0.15) is 5.56 Å². The number of fused-ring (bicyclic) bond motifs is 1. The zero-order valence-corrected chi connectivity index (χ0v) is 12.8. The van der Waals surface area contributed by atoms with Crippen molar-refractivity contribution < 1.29 is 4.74 Å². The zero-order valence-electron chi connectivity index (χ0n) is 12.8. The molecule has 0 bridgehead atoms. The van der Waals surface area contributed by atoms with Crippen LogP contribution in [0.5, 0.6) is 11.5 Å². The summed E-state index contributed by atoms with van der Waals surface area (Å²) in [4.78, 5) is 8.02. The van der Waals surface area contributed by atoms with Gasteiger partial charge in [-0.1, -0.05) is 48.0 Å². The Labute approximate surface area is 134 Å². The lowest BCUT2D eigenvalue weighted by Crippen LogP contribution is -1.83. The van der Waals surface area contributed by atoms with Crippen molar-refractivity contribution in [3.05, 3.63) is 78.4 Å². The van der Waals surface area contributed by atoms with Gasteiger partial charge in [-0.2, -0.15) is 0 Å². The third kappa shape index (κ3) is 2.81. The van der Waals surface area contributed by atoms with E-state index in [9.17, 15) is 0 Å². The lowest BCUT2D eigenvalue weighted by atomic mass is 10.1. The summed E-state index contributed by atoms with van der Waals surface area (Å²) in [6.07, 6.45) is 0. The second kappa shape index (κ2) is 5.61. The van der Waals surface area contributed by atoms with Gasteiger partial charge in [0, 0.05) is 11.6 Å². The molecular formula is C20H16N2O. The normalized spacial score (nSPS) is 10.8. The summed E-state index contributed by atoms with van der Waals surface area (Å²) in [5.74, 6) is 2.49. The molecule has 4 aromatic rings. The number of ether oxygens (including phenoxy) is 1. The summed E-state index contributed by atoms with van der Waals surface area (Å²) in [6.45, 7) is 2.08. The fraction of sp³-hybridized carbons (Fsp3) is 0.0500. The topological polar surface area (TPSA) is 37.9 Å². The van der Waals surface area contributed by atoms with Crippen LogP contribution >= 0.6 is 0 Å². The maximum absolute atomic E-state index is 5.87. The Kier molecular flexibility index (Phi) is 3.31. The number of hydrogen-bond acceptors (Lipinski definition) is 2. The molecule has 4 rings (SSSR count). The van der Waals surface area contributed by atoms with Crippen LogP contribution in [0.15, 0.2) is 72.8 Å². The first-order valence-corrected chi connectivity index (χ1v) is 7.58. The maximum Gasteiger partial charge on any atom is 0.138 e. The van der Waals surface area contributed by atoms with Gasteiger partial charge in [0.05, 0.1) is 11.0 Å². The van der Waals surface area contributed by atoms with Gasteiger partial charge in [0.2, 0.25) is 0 Å². The van der Waals surface area contributed by atoms with Gasteiger partial charge in [-0.3, -0.25) is 0 Å². The third-order valence-electron chi connectivity index (χ3n) is 3.76. The van der Waals surface area contributed by atoms with Gasteiger partial charge >= 0.3 is 0 Å². The summed E-state index contributed by atoms with van der Waals surface area (Å²) in [5.41, 5.74) is 4.22. The molecule has 0 aliphatic carbocycles. The largest absolute Gasteiger partial charge is 0.457 e. The summed E-state index contributed by atoms with van der Waals surface area (Å²) in [5, 5.41) is 0. The molecular weight excluding hydrogens is 284 g/mol. The molecule has 1 aromatic heterocycles. The number of rotatable bonds is 3. The summed E-state index contributed by atoms with van der Waals surface area (Å²) in [7, 11) is 0. The van der Waals surface area contributed by atoms with Crippen LogP contribution in [0.25, 0.3) is 22.4 Å². The molecule has 0 atom stereocenters. The molecule has 1 heterocycles. The van der Waals surface area contributed by atoms with Crippen LogP contribution in [0.4, 0.5) is 0 Å². The van der Waals surface area contributed by atoms with Gasteiger partial charge in [0.1, 0.15) is 17.3 Å². The Bertz CT molecular complexity index is 940. The molecule has 0 spiro atoms. The van der Waals surface area contributed by atoms with E-state index < -0.39 is 0 Å². The minimum absolute atomic E-state index is 0.794. The fourth-order valence-corrected chi connectivity index (χ4v) is 2.52. The monoisotopic (exact) mass is 300 g/mol. The number of benzene rings is 3. The minimum Gasteiger partial charge on any atom is -0.457 e. The van der Waals surface area contributed by atoms with Crippen molar-refractivity contribution in [3.8, 4) is 22.9 Å². The van der Waals surface area contributed by atoms with E-state index in [-0.39, 0.29) is 0 Å². The van der Waals surface area contributed by atoms with E-state index in [2.05, 4.69) is 41.2 Å². The van der Waals surface area contributed by atoms with Crippen LogP contribution in [0.2, 0.25) is 0 Å². The highest BCUT2D eigenvalue weighted by atomic mass is 16.5. The van der Waals surface area contributed by atoms with Crippen molar-refractivity contribution in [3.63, 3.8) is 0 Å². The molecule has 0 aliphatic rings. The van der Waals surface area contributed by atoms with E-state index >= 15 is 0 Å². The Morgan fingerprint density at radius 3 is 2.39 bits per heavy atom. The first-order valence-electron chi connectivity index (χ1n) is 7.58. The lowest BCUT2D eigenvalue weighted by molar-refractivity contribution is 0.483. The first kappa shape index (κ1) is 13.6. The smallest absolute Gasteiger partial charge is 0.138 e. The lowest BCUT2D eigenvalue weighted by Gasteiger charge is -2.04. The molecule has 0 unspecified atom stereocenters. The van der Waals surface area contributed by atoms with Gasteiger partial charge in [0.25, 0.3) is 0 Å². The highest BCUT2D eigenvalue weighted by Gasteiger charge is 2.07. The second-order valence-corrected chi connectivity index (χ2v) is 5.55. The van der Waals surface area contributed by atoms with Crippen molar-refractivity contribution in [2.75, 3.05) is 0 Å². The second-order valence-electron chi connectivity index (χ2n) is 5.55. The van der Waals surface area contributed by atoms with Crippen LogP contribution in [0.3, 0.4) is 0 Å². The van der Waals surface area contributed by atoms with Crippen LogP contribution < -0.4 is 4.74 Å². The number of para-hydroxylation sites is 1. The Balaban J connectivity index is 1.68. The average Bonchev–Trinajstić information content (AvgIpc) is 3.00. The fourth-order valence-electron chi connectivity index (χ4n) is 2.52. The number of H-pyrrole nitrogens is 1. The van der Waals surface area contributed by atoms with Gasteiger partial charge in [-0.15, -0.1) is 0 Å². The van der Waals surface area contributed by atoms with Crippen molar-refractivity contribution in [2.24, 2.45) is 0 Å². The van der Waals surface area contributed by atoms with Crippen LogP contribution in [-0.4, -0.2) is 9.97 Å². The van der Waals surface area contributed by atoms with E-state index in [1.54, 1.807) is 0 Å². The quantitative estimate of drug-likeness (QED) is 0.555. The number of aryl methyl sites for hydroxylation is 1. The summed E-state index contributed by atoms with van der Waals surface area (Å²) >= 11 is 0. The molecule has 0 amide bonds. The molecule has 3 heteroatoms. The summed E-state index contributed by atoms with van der Waals surface area (Å²) < 4.78 is 5.87. The van der Waals surface area contributed by atoms with Gasteiger partial charge < -0.3 is 9.72 Å².